The molecule has 1 heterocycles. The minimum atomic E-state index is -0.794. The summed E-state index contributed by atoms with van der Waals surface area (Å²) in [6.45, 7) is 1.95. The van der Waals surface area contributed by atoms with Crippen LogP contribution in [0.5, 0.6) is 0 Å². The Hall–Kier alpha value is -2.22. The maximum absolute atomic E-state index is 13.5. The molecule has 0 spiro atoms. The smallest absolute Gasteiger partial charge is 0.307 e. The number of rotatable bonds is 7. The Labute approximate surface area is 182 Å². The van der Waals surface area contributed by atoms with Crippen molar-refractivity contribution in [1.82, 2.24) is 4.90 Å². The Morgan fingerprint density at radius 3 is 2.27 bits per heavy atom. The quantitative estimate of drug-likeness (QED) is 0.367. The predicted molar refractivity (Wildman–Crippen MR) is 111 cm³/mol. The molecule has 1 atom stereocenters. The summed E-state index contributed by atoms with van der Waals surface area (Å²) in [4.78, 5) is 18.7. The van der Waals surface area contributed by atoms with Crippen LogP contribution in [0.15, 0.2) is 41.6 Å². The van der Waals surface area contributed by atoms with Crippen molar-refractivity contribution in [3.8, 4) is 0 Å². The molecular formula is C21H20Cl2F2N2O3. The molecule has 3 rings (SSSR count). The van der Waals surface area contributed by atoms with E-state index in [9.17, 15) is 18.7 Å². The first-order valence-electron chi connectivity index (χ1n) is 9.41. The summed E-state index contributed by atoms with van der Waals surface area (Å²) < 4.78 is 26.9. The fraction of sp³-hybridized carbons (Fsp3) is 0.333. The van der Waals surface area contributed by atoms with E-state index >= 15 is 0 Å². The van der Waals surface area contributed by atoms with E-state index in [4.69, 9.17) is 28.0 Å². The van der Waals surface area contributed by atoms with Crippen LogP contribution >= 0.6 is 23.2 Å². The molecular weight excluding hydrogens is 437 g/mol. The fourth-order valence-corrected chi connectivity index (χ4v) is 3.86. The van der Waals surface area contributed by atoms with Crippen molar-refractivity contribution in [3.63, 3.8) is 0 Å². The van der Waals surface area contributed by atoms with Crippen LogP contribution in [-0.2, 0) is 9.63 Å². The number of carboxylic acid groups (broad SMARTS) is 1. The minimum absolute atomic E-state index is 0.109. The Balaban J connectivity index is 1.77. The first kappa shape index (κ1) is 22.5. The number of piperidine rings is 1. The van der Waals surface area contributed by atoms with E-state index in [0.29, 0.717) is 30.6 Å². The lowest BCUT2D eigenvalue weighted by atomic mass is 9.98. The van der Waals surface area contributed by atoms with Crippen molar-refractivity contribution in [2.75, 3.05) is 26.2 Å². The average Bonchev–Trinajstić information content (AvgIpc) is 2.70. The van der Waals surface area contributed by atoms with Crippen molar-refractivity contribution in [2.45, 2.75) is 12.8 Å². The third kappa shape index (κ3) is 5.68. The molecule has 1 fully saturated rings. The third-order valence-corrected chi connectivity index (χ3v) is 5.51. The van der Waals surface area contributed by atoms with Crippen molar-refractivity contribution in [3.05, 3.63) is 69.2 Å². The van der Waals surface area contributed by atoms with Crippen molar-refractivity contribution < 1.29 is 23.5 Å². The zero-order valence-corrected chi connectivity index (χ0v) is 17.5. The molecule has 0 aromatic heterocycles. The second-order valence-corrected chi connectivity index (χ2v) is 7.81. The van der Waals surface area contributed by atoms with E-state index < -0.39 is 17.6 Å². The van der Waals surface area contributed by atoms with Crippen LogP contribution in [0.2, 0.25) is 10.0 Å². The van der Waals surface area contributed by atoms with Gasteiger partial charge in [0.25, 0.3) is 0 Å². The maximum atomic E-state index is 13.5. The molecule has 0 saturated carbocycles. The second-order valence-electron chi connectivity index (χ2n) is 7.00. The van der Waals surface area contributed by atoms with Gasteiger partial charge in [0.1, 0.15) is 24.0 Å². The number of oxime groups is 1. The van der Waals surface area contributed by atoms with E-state index in [1.165, 1.54) is 24.3 Å². The Morgan fingerprint density at radius 2 is 1.73 bits per heavy atom. The van der Waals surface area contributed by atoms with Crippen LogP contribution in [0.3, 0.4) is 0 Å². The molecule has 9 heteroatoms. The van der Waals surface area contributed by atoms with Gasteiger partial charge in [-0.2, -0.15) is 0 Å². The van der Waals surface area contributed by atoms with E-state index in [-0.39, 0.29) is 28.3 Å². The number of hydrogen-bond acceptors (Lipinski definition) is 4. The van der Waals surface area contributed by atoms with E-state index in [0.717, 1.165) is 25.1 Å². The number of carboxylic acids is 1. The molecule has 30 heavy (non-hydrogen) atoms. The molecule has 2 aromatic rings. The molecule has 0 aliphatic carbocycles. The van der Waals surface area contributed by atoms with Crippen molar-refractivity contribution in [2.24, 2.45) is 11.1 Å². The number of likely N-dealkylation sites (tertiary alicyclic amines) is 1. The van der Waals surface area contributed by atoms with Gasteiger partial charge in [0.15, 0.2) is 0 Å². The summed E-state index contributed by atoms with van der Waals surface area (Å²) >= 11 is 12.4. The molecule has 1 N–H and O–H groups in total. The largest absolute Gasteiger partial charge is 0.481 e. The molecule has 0 amide bonds. The van der Waals surface area contributed by atoms with Gasteiger partial charge in [-0.1, -0.05) is 28.4 Å². The molecule has 5 nitrogen and oxygen atoms in total. The molecule has 1 saturated heterocycles. The lowest BCUT2D eigenvalue weighted by Gasteiger charge is -2.30. The highest BCUT2D eigenvalue weighted by molar-refractivity contribution is 6.38. The van der Waals surface area contributed by atoms with E-state index in [2.05, 4.69) is 5.16 Å². The lowest BCUT2D eigenvalue weighted by molar-refractivity contribution is -0.143. The number of hydrogen-bond donors (Lipinski definition) is 1. The zero-order valence-electron chi connectivity index (χ0n) is 16.0. The number of halogens is 4. The van der Waals surface area contributed by atoms with Crippen LogP contribution in [0.25, 0.3) is 0 Å². The summed E-state index contributed by atoms with van der Waals surface area (Å²) in [6, 6.07) is 7.64. The van der Waals surface area contributed by atoms with Gasteiger partial charge in [0.2, 0.25) is 0 Å². The molecule has 1 aliphatic heterocycles. The Kier molecular flexibility index (Phi) is 7.64. The molecule has 1 aliphatic rings. The highest BCUT2D eigenvalue weighted by Crippen LogP contribution is 2.26. The van der Waals surface area contributed by atoms with E-state index in [1.807, 2.05) is 4.90 Å². The second kappa shape index (κ2) is 10.2. The zero-order chi connectivity index (χ0) is 21.7. The minimum Gasteiger partial charge on any atom is -0.481 e. The fourth-order valence-electron chi connectivity index (χ4n) is 3.35. The summed E-state index contributed by atoms with van der Waals surface area (Å²) in [7, 11) is 0. The van der Waals surface area contributed by atoms with Crippen molar-refractivity contribution >= 4 is 34.9 Å². The maximum Gasteiger partial charge on any atom is 0.307 e. The summed E-state index contributed by atoms with van der Waals surface area (Å²) in [6.07, 6.45) is 1.48. The van der Waals surface area contributed by atoms with Gasteiger partial charge in [0.05, 0.1) is 16.0 Å². The Morgan fingerprint density at radius 1 is 1.13 bits per heavy atom. The first-order valence-corrected chi connectivity index (χ1v) is 10.2. The van der Waals surface area contributed by atoms with Gasteiger partial charge in [-0.05, 0) is 55.8 Å². The van der Waals surface area contributed by atoms with Crippen LogP contribution in [-0.4, -0.2) is 47.9 Å². The summed E-state index contributed by atoms with van der Waals surface area (Å²) in [5.74, 6) is -2.19. The Bertz CT molecular complexity index is 902. The predicted octanol–water partition coefficient (Wildman–Crippen LogP) is 4.84. The molecule has 0 radical (unpaired) electrons. The third-order valence-electron chi connectivity index (χ3n) is 4.88. The normalized spacial score (nSPS) is 16.9. The van der Waals surface area contributed by atoms with Crippen molar-refractivity contribution in [1.29, 1.82) is 0 Å². The number of carbonyl (C=O) groups is 1. The van der Waals surface area contributed by atoms with Crippen LogP contribution in [0.4, 0.5) is 8.78 Å². The average molecular weight is 457 g/mol. The van der Waals surface area contributed by atoms with E-state index in [1.54, 1.807) is 0 Å². The van der Waals surface area contributed by atoms with Gasteiger partial charge >= 0.3 is 5.97 Å². The SMILES string of the molecule is O=C(O)[C@@H]1CCCN(CCON=C(c2ccc(F)cc2Cl)c2ccc(F)cc2Cl)C1. The van der Waals surface area contributed by atoms with Crippen LogP contribution < -0.4 is 0 Å². The molecule has 160 valence electrons. The van der Waals surface area contributed by atoms with Crippen LogP contribution in [0.1, 0.15) is 24.0 Å². The standard InChI is InChI=1S/C21H20Cl2F2N2O3/c22-18-10-14(24)3-5-16(18)20(17-6-4-15(25)11-19(17)23)26-30-9-8-27-7-1-2-13(12-27)21(28)29/h3-6,10-11,13H,1-2,7-9,12H2,(H,28,29)/t13-/m1/s1. The molecule has 0 bridgehead atoms. The monoisotopic (exact) mass is 456 g/mol. The van der Waals surface area contributed by atoms with Gasteiger partial charge < -0.3 is 9.94 Å². The lowest BCUT2D eigenvalue weighted by Crippen LogP contribution is -2.40. The molecule has 2 aromatic carbocycles. The number of benzene rings is 2. The van der Waals surface area contributed by atoms with Gasteiger partial charge in [-0.3, -0.25) is 9.69 Å². The topological polar surface area (TPSA) is 62.1 Å². The van der Waals surface area contributed by atoms with Gasteiger partial charge in [-0.25, -0.2) is 8.78 Å². The summed E-state index contributed by atoms with van der Waals surface area (Å²) in [5, 5.41) is 13.5. The highest BCUT2D eigenvalue weighted by Gasteiger charge is 2.25. The van der Waals surface area contributed by atoms with Gasteiger partial charge in [-0.15, -0.1) is 0 Å². The van der Waals surface area contributed by atoms with Gasteiger partial charge in [0, 0.05) is 24.2 Å². The molecule has 0 unspecified atom stereocenters. The number of aliphatic carboxylic acids is 1. The highest BCUT2D eigenvalue weighted by atomic mass is 35.5. The summed E-state index contributed by atoms with van der Waals surface area (Å²) in [5.41, 5.74) is 1.01. The first-order chi connectivity index (χ1) is 14.3. The van der Waals surface area contributed by atoms with Crippen LogP contribution in [0, 0.1) is 17.6 Å². The number of nitrogens with zero attached hydrogens (tertiary/aromatic N) is 2.